The molecule has 0 amide bonds. The molecule has 5 heterocycles. The summed E-state index contributed by atoms with van der Waals surface area (Å²) in [6.45, 7) is 4.92. The molecule has 0 aliphatic carbocycles. The van der Waals surface area contributed by atoms with E-state index in [0.717, 1.165) is 49.9 Å². The van der Waals surface area contributed by atoms with Gasteiger partial charge in [0, 0.05) is 69.3 Å². The van der Waals surface area contributed by atoms with Crippen LogP contribution in [-0.2, 0) is 33.2 Å². The van der Waals surface area contributed by atoms with Crippen LogP contribution in [0.4, 0.5) is 0 Å². The van der Waals surface area contributed by atoms with E-state index >= 15 is 0 Å². The van der Waals surface area contributed by atoms with Crippen molar-refractivity contribution in [2.75, 3.05) is 13.1 Å². The number of benzene rings is 1. The van der Waals surface area contributed by atoms with Crippen LogP contribution in [0.5, 0.6) is 0 Å². The van der Waals surface area contributed by atoms with Crippen LogP contribution in [0, 0.1) is 0 Å². The standard InChI is InChI=1S/C25H29N7O/c1-29-14-19(21-6-2-3-7-22(21)29)15-30-9-10-32-24(17-30)27-28-25(32)23-11-20(33)16-31(23)13-18-5-4-8-26-12-18/h2-8,12,14,20,23,33H,9-11,13,15-17H2,1H3/t20-,23+/m1/s1. The van der Waals surface area contributed by atoms with Crippen molar-refractivity contribution in [3.05, 3.63) is 77.8 Å². The second-order valence-electron chi connectivity index (χ2n) is 9.32. The van der Waals surface area contributed by atoms with Gasteiger partial charge in [0.1, 0.15) is 5.82 Å². The summed E-state index contributed by atoms with van der Waals surface area (Å²) in [6, 6.07) is 12.7. The van der Waals surface area contributed by atoms with Gasteiger partial charge >= 0.3 is 0 Å². The third kappa shape index (κ3) is 3.84. The van der Waals surface area contributed by atoms with E-state index in [1.54, 1.807) is 6.20 Å². The maximum Gasteiger partial charge on any atom is 0.150 e. The molecular weight excluding hydrogens is 414 g/mol. The van der Waals surface area contributed by atoms with Crippen molar-refractivity contribution in [1.82, 2.24) is 34.1 Å². The zero-order chi connectivity index (χ0) is 22.4. The van der Waals surface area contributed by atoms with Crippen molar-refractivity contribution in [2.45, 2.75) is 44.7 Å². The molecule has 0 unspecified atom stereocenters. The number of fused-ring (bicyclic) bond motifs is 2. The number of rotatable bonds is 5. The van der Waals surface area contributed by atoms with Gasteiger partial charge in [-0.15, -0.1) is 10.2 Å². The predicted molar refractivity (Wildman–Crippen MR) is 125 cm³/mol. The SMILES string of the molecule is Cn1cc(CN2CCn3c(nnc3[C@@H]3C[C@@H](O)CN3Cc3cccnc3)C2)c2ccccc21. The zero-order valence-corrected chi connectivity index (χ0v) is 18.9. The molecule has 1 aromatic carbocycles. The van der Waals surface area contributed by atoms with Crippen molar-refractivity contribution in [2.24, 2.45) is 7.05 Å². The minimum Gasteiger partial charge on any atom is -0.392 e. The summed E-state index contributed by atoms with van der Waals surface area (Å²) in [5.74, 6) is 1.99. The highest BCUT2D eigenvalue weighted by Gasteiger charge is 2.36. The molecule has 2 aliphatic heterocycles. The topological polar surface area (TPSA) is 75.2 Å². The van der Waals surface area contributed by atoms with Crippen LogP contribution in [0.25, 0.3) is 10.9 Å². The lowest BCUT2D eigenvalue weighted by Crippen LogP contribution is -2.35. The number of aromatic nitrogens is 5. The summed E-state index contributed by atoms with van der Waals surface area (Å²) in [5, 5.41) is 20.9. The minimum atomic E-state index is -0.342. The Morgan fingerprint density at radius 3 is 2.85 bits per heavy atom. The van der Waals surface area contributed by atoms with E-state index in [0.29, 0.717) is 13.0 Å². The first-order chi connectivity index (χ1) is 16.2. The largest absolute Gasteiger partial charge is 0.392 e. The molecule has 170 valence electrons. The van der Waals surface area contributed by atoms with Gasteiger partial charge in [-0.1, -0.05) is 24.3 Å². The number of aliphatic hydroxyl groups excluding tert-OH is 1. The van der Waals surface area contributed by atoms with E-state index in [4.69, 9.17) is 0 Å². The average molecular weight is 444 g/mol. The van der Waals surface area contributed by atoms with Crippen molar-refractivity contribution < 1.29 is 5.11 Å². The fraction of sp³-hybridized carbons (Fsp3) is 0.400. The zero-order valence-electron chi connectivity index (χ0n) is 18.9. The molecule has 8 heteroatoms. The van der Waals surface area contributed by atoms with Crippen LogP contribution in [-0.4, -0.2) is 58.4 Å². The summed E-state index contributed by atoms with van der Waals surface area (Å²) < 4.78 is 4.48. The molecule has 8 nitrogen and oxygen atoms in total. The van der Waals surface area contributed by atoms with Gasteiger partial charge in [-0.25, -0.2) is 0 Å². The lowest BCUT2D eigenvalue weighted by Gasteiger charge is -2.29. The Bertz CT molecular complexity index is 1260. The Morgan fingerprint density at radius 1 is 1.06 bits per heavy atom. The maximum absolute atomic E-state index is 10.4. The molecule has 1 fully saturated rings. The van der Waals surface area contributed by atoms with E-state index in [9.17, 15) is 5.11 Å². The van der Waals surface area contributed by atoms with Crippen molar-refractivity contribution in [1.29, 1.82) is 0 Å². The first-order valence-electron chi connectivity index (χ1n) is 11.6. The number of hydrogen-bond acceptors (Lipinski definition) is 6. The van der Waals surface area contributed by atoms with Crippen molar-refractivity contribution in [3.8, 4) is 0 Å². The third-order valence-electron chi connectivity index (χ3n) is 7.02. The number of β-amino-alcohol motifs (C(OH)–C–C–N with tert-alkyl or cyclic N) is 1. The molecule has 3 aromatic heterocycles. The summed E-state index contributed by atoms with van der Waals surface area (Å²) in [5.41, 5.74) is 3.77. The van der Waals surface area contributed by atoms with Crippen LogP contribution in [0.15, 0.2) is 55.0 Å². The van der Waals surface area contributed by atoms with Crippen LogP contribution >= 0.6 is 0 Å². The summed E-state index contributed by atoms with van der Waals surface area (Å²) in [7, 11) is 2.11. The lowest BCUT2D eigenvalue weighted by molar-refractivity contribution is 0.171. The number of aryl methyl sites for hydroxylation is 1. The number of para-hydroxylation sites is 1. The Hall–Kier alpha value is -3.07. The van der Waals surface area contributed by atoms with E-state index in [1.165, 1.54) is 16.5 Å². The Morgan fingerprint density at radius 2 is 1.97 bits per heavy atom. The number of nitrogens with zero attached hydrogens (tertiary/aromatic N) is 7. The minimum absolute atomic E-state index is 0.0751. The molecule has 6 rings (SSSR count). The van der Waals surface area contributed by atoms with Crippen LogP contribution < -0.4 is 0 Å². The summed E-state index contributed by atoms with van der Waals surface area (Å²) in [6.07, 6.45) is 6.28. The third-order valence-corrected chi connectivity index (χ3v) is 7.02. The number of aliphatic hydroxyl groups is 1. The highest BCUT2D eigenvalue weighted by atomic mass is 16.3. The first-order valence-corrected chi connectivity index (χ1v) is 11.6. The van der Waals surface area contributed by atoms with E-state index in [2.05, 4.69) is 77.7 Å². The number of hydrogen-bond donors (Lipinski definition) is 1. The van der Waals surface area contributed by atoms with Crippen LogP contribution in [0.3, 0.4) is 0 Å². The molecule has 0 saturated carbocycles. The Kier molecular flexibility index (Phi) is 5.21. The molecule has 0 bridgehead atoms. The van der Waals surface area contributed by atoms with Gasteiger partial charge < -0.3 is 14.2 Å². The second kappa shape index (κ2) is 8.37. The summed E-state index contributed by atoms with van der Waals surface area (Å²) >= 11 is 0. The van der Waals surface area contributed by atoms with Gasteiger partial charge in [-0.2, -0.15) is 0 Å². The maximum atomic E-state index is 10.4. The number of likely N-dealkylation sites (tertiary alicyclic amines) is 1. The van der Waals surface area contributed by atoms with Gasteiger partial charge in [0.05, 0.1) is 18.7 Å². The van der Waals surface area contributed by atoms with Gasteiger partial charge in [0.2, 0.25) is 0 Å². The smallest absolute Gasteiger partial charge is 0.150 e. The van der Waals surface area contributed by atoms with E-state index in [1.807, 2.05) is 12.3 Å². The molecule has 4 aromatic rings. The molecule has 33 heavy (non-hydrogen) atoms. The van der Waals surface area contributed by atoms with E-state index in [-0.39, 0.29) is 12.1 Å². The fourth-order valence-electron chi connectivity index (χ4n) is 5.45. The van der Waals surface area contributed by atoms with Gasteiger partial charge in [-0.05, 0) is 29.7 Å². The van der Waals surface area contributed by atoms with Crippen molar-refractivity contribution >= 4 is 10.9 Å². The van der Waals surface area contributed by atoms with Crippen LogP contribution in [0.2, 0.25) is 0 Å². The Balaban J connectivity index is 1.20. The van der Waals surface area contributed by atoms with Crippen molar-refractivity contribution in [3.63, 3.8) is 0 Å². The molecule has 2 aliphatic rings. The fourth-order valence-corrected chi connectivity index (χ4v) is 5.45. The summed E-state index contributed by atoms with van der Waals surface area (Å²) in [4.78, 5) is 9.00. The first kappa shape index (κ1) is 20.5. The Labute approximate surface area is 193 Å². The normalized spacial score (nSPS) is 21.6. The van der Waals surface area contributed by atoms with Gasteiger partial charge in [0.15, 0.2) is 5.82 Å². The van der Waals surface area contributed by atoms with Gasteiger partial charge in [-0.3, -0.25) is 14.8 Å². The highest BCUT2D eigenvalue weighted by molar-refractivity contribution is 5.83. The number of pyridine rings is 1. The molecule has 0 spiro atoms. The molecule has 2 atom stereocenters. The van der Waals surface area contributed by atoms with Crippen LogP contribution in [0.1, 0.15) is 35.2 Å². The molecule has 0 radical (unpaired) electrons. The average Bonchev–Trinajstić information content (AvgIpc) is 3.50. The molecular formula is C25H29N7O. The quantitative estimate of drug-likeness (QED) is 0.511. The highest BCUT2D eigenvalue weighted by Crippen LogP contribution is 2.34. The van der Waals surface area contributed by atoms with E-state index < -0.39 is 0 Å². The monoisotopic (exact) mass is 443 g/mol. The molecule has 1 N–H and O–H groups in total. The van der Waals surface area contributed by atoms with Gasteiger partial charge in [0.25, 0.3) is 0 Å². The lowest BCUT2D eigenvalue weighted by atomic mass is 10.1. The molecule has 1 saturated heterocycles. The second-order valence-corrected chi connectivity index (χ2v) is 9.32. The predicted octanol–water partition coefficient (Wildman–Crippen LogP) is 2.49.